The summed E-state index contributed by atoms with van der Waals surface area (Å²) in [6.45, 7) is 10.8. The smallest absolute Gasteiger partial charge is 0.236 e. The van der Waals surface area contributed by atoms with Crippen LogP contribution in [0.25, 0.3) is 0 Å². The third-order valence-electron chi connectivity index (χ3n) is 2.48. The molecule has 0 saturated carbocycles. The highest BCUT2D eigenvalue weighted by molar-refractivity contribution is 5.78. The first-order valence-electron chi connectivity index (χ1n) is 6.35. The maximum Gasteiger partial charge on any atom is 0.236 e. The first kappa shape index (κ1) is 15.2. The molecule has 0 radical (unpaired) electrons. The van der Waals surface area contributed by atoms with E-state index in [9.17, 15) is 4.79 Å². The summed E-state index contributed by atoms with van der Waals surface area (Å²) in [6, 6.07) is 0. The fourth-order valence-electron chi connectivity index (χ4n) is 1.45. The van der Waals surface area contributed by atoms with E-state index in [1.165, 1.54) is 0 Å². The maximum atomic E-state index is 11.9. The first-order chi connectivity index (χ1) is 7.76. The number of rotatable bonds is 10. The molecule has 0 rings (SSSR count). The summed E-state index contributed by atoms with van der Waals surface area (Å²) in [4.78, 5) is 13.8. The molecule has 0 fully saturated rings. The number of amides is 1. The van der Waals surface area contributed by atoms with Crippen LogP contribution in [0.3, 0.4) is 0 Å². The van der Waals surface area contributed by atoms with E-state index in [-0.39, 0.29) is 5.91 Å². The van der Waals surface area contributed by atoms with Gasteiger partial charge in [0, 0.05) is 19.6 Å². The van der Waals surface area contributed by atoms with Crippen LogP contribution in [0.4, 0.5) is 0 Å². The lowest BCUT2D eigenvalue weighted by atomic mass is 10.2. The van der Waals surface area contributed by atoms with Crippen molar-refractivity contribution in [3.8, 4) is 0 Å². The average Bonchev–Trinajstić information content (AvgIpc) is 2.29. The van der Waals surface area contributed by atoms with E-state index in [0.29, 0.717) is 13.1 Å². The van der Waals surface area contributed by atoms with E-state index in [1.54, 1.807) is 6.08 Å². The maximum absolute atomic E-state index is 11.9. The summed E-state index contributed by atoms with van der Waals surface area (Å²) in [6.07, 6.45) is 6.23. The predicted molar refractivity (Wildman–Crippen MR) is 69.5 cm³/mol. The Morgan fingerprint density at radius 3 is 2.25 bits per heavy atom. The topological polar surface area (TPSA) is 32.3 Å². The van der Waals surface area contributed by atoms with Crippen LogP contribution in [-0.2, 0) is 4.79 Å². The SMILES string of the molecule is C=CCNCC(=O)N(CCCC)CCCC. The molecule has 0 heterocycles. The second-order valence-electron chi connectivity index (χ2n) is 4.01. The van der Waals surface area contributed by atoms with Gasteiger partial charge in [0.2, 0.25) is 5.91 Å². The van der Waals surface area contributed by atoms with Crippen molar-refractivity contribution in [1.82, 2.24) is 10.2 Å². The number of hydrogen-bond donors (Lipinski definition) is 1. The molecule has 0 unspecified atom stereocenters. The Kier molecular flexibility index (Phi) is 10.1. The molecule has 0 aliphatic carbocycles. The minimum atomic E-state index is 0.212. The molecule has 94 valence electrons. The van der Waals surface area contributed by atoms with Crippen molar-refractivity contribution < 1.29 is 4.79 Å². The third kappa shape index (κ3) is 7.46. The Balaban J connectivity index is 3.93. The molecule has 3 nitrogen and oxygen atoms in total. The standard InChI is InChI=1S/C13H26N2O/c1-4-7-10-15(11-8-5-2)13(16)12-14-9-6-3/h6,14H,3-5,7-12H2,1-2H3. The van der Waals surface area contributed by atoms with Gasteiger partial charge >= 0.3 is 0 Å². The molecule has 1 N–H and O–H groups in total. The molecule has 0 spiro atoms. The molecule has 0 aliphatic heterocycles. The number of nitrogens with one attached hydrogen (secondary N) is 1. The lowest BCUT2D eigenvalue weighted by Gasteiger charge is -2.22. The van der Waals surface area contributed by atoms with Gasteiger partial charge in [0.15, 0.2) is 0 Å². The minimum absolute atomic E-state index is 0.212. The second-order valence-corrected chi connectivity index (χ2v) is 4.01. The van der Waals surface area contributed by atoms with Gasteiger partial charge in [-0.25, -0.2) is 0 Å². The van der Waals surface area contributed by atoms with Crippen molar-refractivity contribution in [2.75, 3.05) is 26.2 Å². The van der Waals surface area contributed by atoms with Crippen molar-refractivity contribution in [2.24, 2.45) is 0 Å². The summed E-state index contributed by atoms with van der Waals surface area (Å²) >= 11 is 0. The summed E-state index contributed by atoms with van der Waals surface area (Å²) < 4.78 is 0. The van der Waals surface area contributed by atoms with Crippen LogP contribution >= 0.6 is 0 Å². The van der Waals surface area contributed by atoms with Gasteiger partial charge in [-0.2, -0.15) is 0 Å². The predicted octanol–water partition coefficient (Wildman–Crippen LogP) is 2.19. The zero-order chi connectivity index (χ0) is 12.2. The Labute approximate surface area is 99.9 Å². The van der Waals surface area contributed by atoms with E-state index in [0.717, 1.165) is 38.8 Å². The lowest BCUT2D eigenvalue weighted by Crippen LogP contribution is -2.39. The summed E-state index contributed by atoms with van der Waals surface area (Å²) in [5.74, 6) is 0.212. The molecule has 0 aromatic carbocycles. The minimum Gasteiger partial charge on any atom is -0.342 e. The highest BCUT2D eigenvalue weighted by Gasteiger charge is 2.11. The Morgan fingerprint density at radius 2 is 1.81 bits per heavy atom. The zero-order valence-corrected chi connectivity index (χ0v) is 10.8. The quantitative estimate of drug-likeness (QED) is 0.457. The molecule has 0 aromatic rings. The molecular formula is C13H26N2O. The van der Waals surface area contributed by atoms with Crippen LogP contribution in [0.15, 0.2) is 12.7 Å². The van der Waals surface area contributed by atoms with E-state index < -0.39 is 0 Å². The molecule has 3 heteroatoms. The Bertz CT molecular complexity index is 184. The van der Waals surface area contributed by atoms with Gasteiger partial charge in [-0.1, -0.05) is 32.8 Å². The first-order valence-corrected chi connectivity index (χ1v) is 6.35. The van der Waals surface area contributed by atoms with Gasteiger partial charge in [-0.3, -0.25) is 4.79 Å². The molecule has 0 aromatic heterocycles. The van der Waals surface area contributed by atoms with Crippen molar-refractivity contribution >= 4 is 5.91 Å². The van der Waals surface area contributed by atoms with Gasteiger partial charge in [-0.15, -0.1) is 6.58 Å². The van der Waals surface area contributed by atoms with E-state index in [1.807, 2.05) is 4.90 Å². The average molecular weight is 226 g/mol. The zero-order valence-electron chi connectivity index (χ0n) is 10.8. The summed E-state index contributed by atoms with van der Waals surface area (Å²) in [5, 5.41) is 3.06. The number of unbranched alkanes of at least 4 members (excludes halogenated alkanes) is 2. The van der Waals surface area contributed by atoms with E-state index in [4.69, 9.17) is 0 Å². The number of hydrogen-bond acceptors (Lipinski definition) is 2. The van der Waals surface area contributed by atoms with Gasteiger partial charge in [0.1, 0.15) is 0 Å². The second kappa shape index (κ2) is 10.7. The summed E-state index contributed by atoms with van der Waals surface area (Å²) in [7, 11) is 0. The molecule has 0 aliphatic rings. The summed E-state index contributed by atoms with van der Waals surface area (Å²) in [5.41, 5.74) is 0. The van der Waals surface area contributed by atoms with Gasteiger partial charge < -0.3 is 10.2 Å². The fourth-order valence-corrected chi connectivity index (χ4v) is 1.45. The third-order valence-corrected chi connectivity index (χ3v) is 2.48. The number of nitrogens with zero attached hydrogens (tertiary/aromatic N) is 1. The van der Waals surface area contributed by atoms with Crippen LogP contribution in [0.1, 0.15) is 39.5 Å². The van der Waals surface area contributed by atoms with Crippen LogP contribution in [-0.4, -0.2) is 37.0 Å². The highest BCUT2D eigenvalue weighted by atomic mass is 16.2. The van der Waals surface area contributed by atoms with Crippen molar-refractivity contribution in [2.45, 2.75) is 39.5 Å². The molecule has 0 bridgehead atoms. The normalized spacial score (nSPS) is 10.1. The van der Waals surface area contributed by atoms with Crippen molar-refractivity contribution in [1.29, 1.82) is 0 Å². The fraction of sp³-hybridized carbons (Fsp3) is 0.769. The van der Waals surface area contributed by atoms with E-state index in [2.05, 4.69) is 25.7 Å². The number of carbonyl (C=O) groups is 1. The molecule has 0 atom stereocenters. The monoisotopic (exact) mass is 226 g/mol. The van der Waals surface area contributed by atoms with Crippen LogP contribution in [0.2, 0.25) is 0 Å². The van der Waals surface area contributed by atoms with E-state index >= 15 is 0 Å². The Morgan fingerprint density at radius 1 is 1.25 bits per heavy atom. The molecular weight excluding hydrogens is 200 g/mol. The largest absolute Gasteiger partial charge is 0.342 e. The van der Waals surface area contributed by atoms with Gasteiger partial charge in [0.05, 0.1) is 6.54 Å². The van der Waals surface area contributed by atoms with Crippen molar-refractivity contribution in [3.63, 3.8) is 0 Å². The van der Waals surface area contributed by atoms with Gasteiger partial charge in [0.25, 0.3) is 0 Å². The van der Waals surface area contributed by atoms with Crippen LogP contribution < -0.4 is 5.32 Å². The lowest BCUT2D eigenvalue weighted by molar-refractivity contribution is -0.130. The van der Waals surface area contributed by atoms with Crippen LogP contribution in [0, 0.1) is 0 Å². The van der Waals surface area contributed by atoms with Gasteiger partial charge in [-0.05, 0) is 12.8 Å². The number of carbonyl (C=O) groups excluding carboxylic acids is 1. The highest BCUT2D eigenvalue weighted by Crippen LogP contribution is 1.99. The van der Waals surface area contributed by atoms with Crippen molar-refractivity contribution in [3.05, 3.63) is 12.7 Å². The molecule has 16 heavy (non-hydrogen) atoms. The van der Waals surface area contributed by atoms with Crippen LogP contribution in [0.5, 0.6) is 0 Å². The Hall–Kier alpha value is -0.830. The molecule has 1 amide bonds. The molecule has 0 saturated heterocycles.